The monoisotopic (exact) mass is 329 g/mol. The van der Waals surface area contributed by atoms with Crippen LogP contribution in [0.2, 0.25) is 0 Å². The number of aromatic nitrogens is 2. The molecule has 0 radical (unpaired) electrons. The van der Waals surface area contributed by atoms with E-state index >= 15 is 0 Å². The highest BCUT2D eigenvalue weighted by atomic mass is 16.5. The van der Waals surface area contributed by atoms with Gasteiger partial charge >= 0.3 is 0 Å². The predicted octanol–water partition coefficient (Wildman–Crippen LogP) is 3.63. The first-order chi connectivity index (χ1) is 11.7. The van der Waals surface area contributed by atoms with E-state index in [1.54, 1.807) is 6.34 Å². The molecule has 6 heteroatoms. The first-order valence-electron chi connectivity index (χ1n) is 8.52. The largest absolute Gasteiger partial charge is 0.376 e. The van der Waals surface area contributed by atoms with Gasteiger partial charge in [-0.3, -0.25) is 0 Å². The number of nitrogens with one attached hydrogen (secondary N) is 1. The van der Waals surface area contributed by atoms with Gasteiger partial charge in [0.15, 0.2) is 0 Å². The Hall–Kier alpha value is -2.21. The zero-order valence-corrected chi connectivity index (χ0v) is 14.8. The summed E-state index contributed by atoms with van der Waals surface area (Å²) in [5, 5.41) is 7.24. The lowest BCUT2D eigenvalue weighted by Gasteiger charge is -2.03. The van der Waals surface area contributed by atoms with E-state index in [0.717, 1.165) is 17.8 Å². The number of aliphatic imine (C=N–C) groups is 1. The normalized spacial score (nSPS) is 11.5. The van der Waals surface area contributed by atoms with Gasteiger partial charge in [-0.15, -0.1) is 0 Å². The quantitative estimate of drug-likeness (QED) is 0.409. The van der Waals surface area contributed by atoms with E-state index in [0.29, 0.717) is 18.3 Å². The summed E-state index contributed by atoms with van der Waals surface area (Å²) in [5.41, 5.74) is 1.83. The van der Waals surface area contributed by atoms with Crippen LogP contribution in [0.15, 0.2) is 33.8 Å². The Kier molecular flexibility index (Phi) is 7.42. The predicted molar refractivity (Wildman–Crippen MR) is 97.4 cm³/mol. The molecule has 0 spiro atoms. The molecule has 0 saturated carbocycles. The Bertz CT molecular complexity index is 619. The van der Waals surface area contributed by atoms with Crippen LogP contribution >= 0.6 is 0 Å². The minimum Gasteiger partial charge on any atom is -0.376 e. The molecule has 24 heavy (non-hydrogen) atoms. The van der Waals surface area contributed by atoms with Crippen molar-refractivity contribution in [3.8, 4) is 11.4 Å². The maximum Gasteiger partial charge on any atom is 0.241 e. The molecular weight excluding hydrogens is 302 g/mol. The van der Waals surface area contributed by atoms with Gasteiger partial charge in [-0.1, -0.05) is 31.3 Å². The zero-order valence-electron chi connectivity index (χ0n) is 14.8. The maximum atomic E-state index is 5.24. The standard InChI is InChI=1S/C18H27N5O/c1-4-5-6-7-12-19-14-20-16-10-8-15(9-11-16)18-21-17(24-22-18)13-23(2)3/h8-11,14H,4-7,12-13H2,1-3H3,(H,19,20). The van der Waals surface area contributed by atoms with Crippen molar-refractivity contribution in [2.24, 2.45) is 4.99 Å². The van der Waals surface area contributed by atoms with Crippen LogP contribution in [0.25, 0.3) is 11.4 Å². The summed E-state index contributed by atoms with van der Waals surface area (Å²) in [5.74, 6) is 1.22. The molecule has 0 bridgehead atoms. The fraction of sp³-hybridized carbons (Fsp3) is 0.500. The summed E-state index contributed by atoms with van der Waals surface area (Å²) in [4.78, 5) is 10.8. The SMILES string of the molecule is CCCCCCNC=Nc1ccc(-c2noc(CN(C)C)n2)cc1. The van der Waals surface area contributed by atoms with Crippen LogP contribution in [-0.2, 0) is 6.54 Å². The maximum absolute atomic E-state index is 5.24. The van der Waals surface area contributed by atoms with Crippen molar-refractivity contribution in [1.29, 1.82) is 0 Å². The van der Waals surface area contributed by atoms with Crippen molar-refractivity contribution >= 4 is 12.0 Å². The minimum atomic E-state index is 0.608. The van der Waals surface area contributed by atoms with E-state index in [1.165, 1.54) is 25.7 Å². The minimum absolute atomic E-state index is 0.608. The van der Waals surface area contributed by atoms with E-state index in [4.69, 9.17) is 4.52 Å². The van der Waals surface area contributed by atoms with Crippen LogP contribution in [0.3, 0.4) is 0 Å². The molecule has 0 aliphatic rings. The topological polar surface area (TPSA) is 66.6 Å². The van der Waals surface area contributed by atoms with Crippen LogP contribution in [0.4, 0.5) is 5.69 Å². The smallest absolute Gasteiger partial charge is 0.241 e. The molecule has 0 amide bonds. The molecule has 0 aliphatic carbocycles. The fourth-order valence-corrected chi connectivity index (χ4v) is 2.24. The molecule has 1 heterocycles. The van der Waals surface area contributed by atoms with Gasteiger partial charge in [0, 0.05) is 12.1 Å². The summed E-state index contributed by atoms with van der Waals surface area (Å²) in [6, 6.07) is 7.82. The van der Waals surface area contributed by atoms with Crippen LogP contribution in [-0.4, -0.2) is 42.0 Å². The second kappa shape index (κ2) is 9.82. The molecule has 2 aromatic rings. The second-order valence-corrected chi connectivity index (χ2v) is 6.07. The Labute approximate surface area is 144 Å². The fourth-order valence-electron chi connectivity index (χ4n) is 2.24. The van der Waals surface area contributed by atoms with Gasteiger partial charge in [0.1, 0.15) is 0 Å². The van der Waals surface area contributed by atoms with Gasteiger partial charge in [-0.05, 0) is 44.8 Å². The van der Waals surface area contributed by atoms with Crippen molar-refractivity contribution in [2.75, 3.05) is 20.6 Å². The van der Waals surface area contributed by atoms with Crippen molar-refractivity contribution in [1.82, 2.24) is 20.4 Å². The van der Waals surface area contributed by atoms with Gasteiger partial charge in [0.05, 0.1) is 18.6 Å². The molecule has 0 saturated heterocycles. The average molecular weight is 329 g/mol. The average Bonchev–Trinajstić information content (AvgIpc) is 3.02. The van der Waals surface area contributed by atoms with Crippen molar-refractivity contribution in [2.45, 2.75) is 39.2 Å². The summed E-state index contributed by atoms with van der Waals surface area (Å²) in [6.07, 6.45) is 6.78. The lowest BCUT2D eigenvalue weighted by atomic mass is 10.2. The van der Waals surface area contributed by atoms with Gasteiger partial charge in [-0.2, -0.15) is 4.98 Å². The van der Waals surface area contributed by atoms with Gasteiger partial charge in [-0.25, -0.2) is 4.99 Å². The van der Waals surface area contributed by atoms with Crippen LogP contribution in [0.5, 0.6) is 0 Å². The van der Waals surface area contributed by atoms with E-state index in [2.05, 4.69) is 27.4 Å². The van der Waals surface area contributed by atoms with Crippen LogP contribution < -0.4 is 5.32 Å². The number of nitrogens with zero attached hydrogens (tertiary/aromatic N) is 4. The molecule has 0 aliphatic heterocycles. The summed E-state index contributed by atoms with van der Waals surface area (Å²) in [7, 11) is 3.93. The second-order valence-electron chi connectivity index (χ2n) is 6.07. The molecule has 6 nitrogen and oxygen atoms in total. The molecule has 0 atom stereocenters. The highest BCUT2D eigenvalue weighted by Crippen LogP contribution is 2.20. The number of rotatable bonds is 10. The molecule has 1 aromatic carbocycles. The van der Waals surface area contributed by atoms with E-state index in [9.17, 15) is 0 Å². The third-order valence-corrected chi connectivity index (χ3v) is 3.52. The van der Waals surface area contributed by atoms with Crippen molar-refractivity contribution in [3.05, 3.63) is 30.2 Å². The molecule has 0 fully saturated rings. The lowest BCUT2D eigenvalue weighted by molar-refractivity contribution is 0.303. The highest BCUT2D eigenvalue weighted by molar-refractivity contribution is 5.63. The van der Waals surface area contributed by atoms with E-state index < -0.39 is 0 Å². The molecular formula is C18H27N5O. The molecule has 2 rings (SSSR count). The Morgan fingerprint density at radius 1 is 1.17 bits per heavy atom. The first kappa shape index (κ1) is 18.1. The summed E-state index contributed by atoms with van der Waals surface area (Å²) >= 11 is 0. The third kappa shape index (κ3) is 6.12. The molecule has 130 valence electrons. The molecule has 0 unspecified atom stereocenters. The number of benzene rings is 1. The van der Waals surface area contributed by atoms with E-state index in [-0.39, 0.29) is 0 Å². The van der Waals surface area contributed by atoms with Crippen LogP contribution in [0.1, 0.15) is 38.5 Å². The van der Waals surface area contributed by atoms with Gasteiger partial charge in [0.25, 0.3) is 0 Å². The van der Waals surface area contributed by atoms with Crippen molar-refractivity contribution < 1.29 is 4.52 Å². The molecule has 1 aromatic heterocycles. The van der Waals surface area contributed by atoms with Gasteiger partial charge < -0.3 is 14.7 Å². The number of unbranched alkanes of at least 4 members (excludes halogenated alkanes) is 3. The van der Waals surface area contributed by atoms with E-state index in [1.807, 2.05) is 43.3 Å². The number of hydrogen-bond donors (Lipinski definition) is 1. The van der Waals surface area contributed by atoms with Crippen molar-refractivity contribution in [3.63, 3.8) is 0 Å². The number of hydrogen-bond acceptors (Lipinski definition) is 5. The Morgan fingerprint density at radius 3 is 2.67 bits per heavy atom. The first-order valence-corrected chi connectivity index (χ1v) is 8.52. The lowest BCUT2D eigenvalue weighted by Crippen LogP contribution is -2.12. The highest BCUT2D eigenvalue weighted by Gasteiger charge is 2.08. The zero-order chi connectivity index (χ0) is 17.2. The third-order valence-electron chi connectivity index (χ3n) is 3.52. The molecule has 1 N–H and O–H groups in total. The summed E-state index contributed by atoms with van der Waals surface area (Å²) in [6.45, 7) is 3.83. The summed E-state index contributed by atoms with van der Waals surface area (Å²) < 4.78 is 5.24. The van der Waals surface area contributed by atoms with Gasteiger partial charge in [0.2, 0.25) is 11.7 Å². The Balaban J connectivity index is 1.83. The van der Waals surface area contributed by atoms with Crippen LogP contribution in [0, 0.1) is 0 Å². The Morgan fingerprint density at radius 2 is 1.96 bits per heavy atom.